The Kier molecular flexibility index (Phi) is 4.47. The Bertz CT molecular complexity index is 1320. The molecule has 2 bridgehead atoms. The van der Waals surface area contributed by atoms with Crippen molar-refractivity contribution in [2.24, 2.45) is 11.8 Å². The van der Waals surface area contributed by atoms with Crippen molar-refractivity contribution in [2.75, 3.05) is 6.54 Å². The van der Waals surface area contributed by atoms with E-state index in [1.165, 1.54) is 0 Å². The topological polar surface area (TPSA) is 110 Å². The summed E-state index contributed by atoms with van der Waals surface area (Å²) in [5, 5.41) is 22.5. The number of aliphatic carboxylic acids is 1. The molecule has 0 aliphatic carbocycles. The predicted octanol–water partition coefficient (Wildman–Crippen LogP) is 2.24. The molecule has 2 fully saturated rings. The number of aryl methyl sites for hydroxylation is 2. The van der Waals surface area contributed by atoms with Crippen molar-refractivity contribution in [1.82, 2.24) is 25.1 Å². The molecule has 0 saturated carbocycles. The third-order valence-corrected chi connectivity index (χ3v) is 7.23. The van der Waals surface area contributed by atoms with Crippen molar-refractivity contribution in [3.63, 3.8) is 0 Å². The van der Waals surface area contributed by atoms with Gasteiger partial charge in [-0.2, -0.15) is 4.68 Å². The minimum Gasteiger partial charge on any atom is -0.481 e. The number of amides is 1. The molecule has 1 spiro atoms. The van der Waals surface area contributed by atoms with Crippen molar-refractivity contribution >= 4 is 11.9 Å². The van der Waals surface area contributed by atoms with Crippen LogP contribution in [-0.4, -0.2) is 60.3 Å². The van der Waals surface area contributed by atoms with Gasteiger partial charge in [-0.05, 0) is 41.0 Å². The molecule has 3 aromatic rings. The third-order valence-electron chi connectivity index (χ3n) is 7.23. The van der Waals surface area contributed by atoms with Crippen molar-refractivity contribution in [3.8, 4) is 5.69 Å². The molecule has 172 valence electrons. The number of fused-ring (bicyclic) bond motifs is 1. The summed E-state index contributed by atoms with van der Waals surface area (Å²) in [5.74, 6) is -2.49. The van der Waals surface area contributed by atoms with Crippen LogP contribution >= 0.6 is 0 Å². The number of nitrogens with zero attached hydrogens (tertiary/aromatic N) is 5. The van der Waals surface area contributed by atoms with E-state index >= 15 is 0 Å². The van der Waals surface area contributed by atoms with Crippen molar-refractivity contribution in [2.45, 2.75) is 31.6 Å². The van der Waals surface area contributed by atoms with Gasteiger partial charge >= 0.3 is 5.97 Å². The van der Waals surface area contributed by atoms with Crippen LogP contribution in [0.25, 0.3) is 5.69 Å². The molecule has 34 heavy (non-hydrogen) atoms. The van der Waals surface area contributed by atoms with Crippen LogP contribution < -0.4 is 0 Å². The van der Waals surface area contributed by atoms with Gasteiger partial charge in [-0.25, -0.2) is 0 Å². The summed E-state index contributed by atoms with van der Waals surface area (Å²) in [4.78, 5) is 27.6. The predicted molar refractivity (Wildman–Crippen MR) is 120 cm³/mol. The van der Waals surface area contributed by atoms with E-state index in [9.17, 15) is 14.7 Å². The molecular formula is C25H23N5O4. The average molecular weight is 457 g/mol. The van der Waals surface area contributed by atoms with Crippen molar-refractivity contribution < 1.29 is 19.4 Å². The van der Waals surface area contributed by atoms with Gasteiger partial charge < -0.3 is 14.7 Å². The quantitative estimate of drug-likeness (QED) is 0.585. The second kappa shape index (κ2) is 7.33. The minimum atomic E-state index is -1.02. The Labute approximate surface area is 195 Å². The van der Waals surface area contributed by atoms with E-state index in [0.717, 1.165) is 22.4 Å². The number of carboxylic acids is 1. The number of hydrogen-bond acceptors (Lipinski definition) is 6. The zero-order valence-corrected chi connectivity index (χ0v) is 18.7. The van der Waals surface area contributed by atoms with Crippen LogP contribution in [0.15, 0.2) is 60.7 Å². The highest BCUT2D eigenvalue weighted by molar-refractivity contribution is 5.91. The lowest BCUT2D eigenvalue weighted by Crippen LogP contribution is -2.39. The zero-order valence-electron chi connectivity index (χ0n) is 18.7. The second-order valence-corrected chi connectivity index (χ2v) is 9.21. The Morgan fingerprint density at radius 1 is 1.15 bits per heavy atom. The Morgan fingerprint density at radius 2 is 1.88 bits per heavy atom. The number of hydrogen-bond donors (Lipinski definition) is 1. The number of aromatic nitrogens is 4. The highest BCUT2D eigenvalue weighted by Crippen LogP contribution is 2.53. The van der Waals surface area contributed by atoms with E-state index in [4.69, 9.17) is 4.74 Å². The monoisotopic (exact) mass is 457 g/mol. The van der Waals surface area contributed by atoms with Crippen LogP contribution in [0.4, 0.5) is 0 Å². The number of para-hydroxylation sites is 1. The van der Waals surface area contributed by atoms with Crippen LogP contribution in [0.1, 0.15) is 28.6 Å². The summed E-state index contributed by atoms with van der Waals surface area (Å²) < 4.78 is 7.79. The van der Waals surface area contributed by atoms with Crippen LogP contribution in [0.5, 0.6) is 0 Å². The molecule has 0 radical (unpaired) electrons. The van der Waals surface area contributed by atoms with Crippen LogP contribution in [0.3, 0.4) is 0 Å². The van der Waals surface area contributed by atoms with Gasteiger partial charge in [0.1, 0.15) is 17.6 Å². The molecule has 2 aromatic carbocycles. The summed E-state index contributed by atoms with van der Waals surface area (Å²) in [5.41, 5.74) is 2.74. The van der Waals surface area contributed by atoms with Gasteiger partial charge in [-0.1, -0.05) is 60.7 Å². The summed E-state index contributed by atoms with van der Waals surface area (Å²) in [6.45, 7) is 4.21. The van der Waals surface area contributed by atoms with E-state index in [1.807, 2.05) is 68.5 Å². The largest absolute Gasteiger partial charge is 0.481 e. The molecule has 5 atom stereocenters. The lowest BCUT2D eigenvalue weighted by atomic mass is 9.77. The number of carbonyl (C=O) groups excluding carboxylic acids is 1. The van der Waals surface area contributed by atoms with Crippen molar-refractivity contribution in [3.05, 3.63) is 83.2 Å². The summed E-state index contributed by atoms with van der Waals surface area (Å²) in [7, 11) is 0. The van der Waals surface area contributed by atoms with Gasteiger partial charge in [-0.3, -0.25) is 9.59 Å². The summed E-state index contributed by atoms with van der Waals surface area (Å²) in [6, 6.07) is 14.9. The minimum absolute atomic E-state index is 0.229. The molecule has 5 unspecified atom stereocenters. The maximum absolute atomic E-state index is 13.8. The molecule has 9 nitrogen and oxygen atoms in total. The van der Waals surface area contributed by atoms with Crippen molar-refractivity contribution in [1.29, 1.82) is 0 Å². The van der Waals surface area contributed by atoms with Gasteiger partial charge in [0.25, 0.3) is 0 Å². The number of rotatable bonds is 5. The van der Waals surface area contributed by atoms with E-state index in [-0.39, 0.29) is 12.5 Å². The van der Waals surface area contributed by atoms with Gasteiger partial charge in [0.2, 0.25) is 5.91 Å². The van der Waals surface area contributed by atoms with E-state index in [0.29, 0.717) is 5.82 Å². The van der Waals surface area contributed by atoms with E-state index in [1.54, 1.807) is 15.7 Å². The van der Waals surface area contributed by atoms with E-state index in [2.05, 4.69) is 15.5 Å². The highest BCUT2D eigenvalue weighted by atomic mass is 16.5. The first-order valence-electron chi connectivity index (χ1n) is 11.2. The molecule has 4 heterocycles. The van der Waals surface area contributed by atoms with E-state index < -0.39 is 35.6 Å². The standard InChI is InChI=1S/C25H23N5O4/c1-14-7-6-8-15(2)20(14)30-22(26-27-28-30)21(16-9-4-3-5-10-16)29-13-25-12-11-17(34-25)18(24(32)33)19(25)23(29)31/h3-12,17-19,21H,13H2,1-2H3,(H,32,33). The molecule has 6 rings (SSSR count). The van der Waals surface area contributed by atoms with Crippen LogP contribution in [-0.2, 0) is 14.3 Å². The molecular weight excluding hydrogens is 434 g/mol. The third kappa shape index (κ3) is 2.80. The summed E-state index contributed by atoms with van der Waals surface area (Å²) in [6.07, 6.45) is 3.05. The number of tetrazole rings is 1. The molecule has 1 N–H and O–H groups in total. The van der Waals surface area contributed by atoms with Gasteiger partial charge in [0, 0.05) is 0 Å². The normalized spacial score (nSPS) is 27.9. The maximum Gasteiger partial charge on any atom is 0.310 e. The first-order valence-corrected chi connectivity index (χ1v) is 11.2. The number of benzene rings is 2. The smallest absolute Gasteiger partial charge is 0.310 e. The van der Waals surface area contributed by atoms with Gasteiger partial charge in [0.05, 0.1) is 24.3 Å². The Hall–Kier alpha value is -3.85. The zero-order chi connectivity index (χ0) is 23.6. The molecule has 1 aromatic heterocycles. The molecule has 2 saturated heterocycles. The number of carboxylic acid groups (broad SMARTS) is 1. The fraction of sp³-hybridized carbons (Fsp3) is 0.320. The fourth-order valence-electron chi connectivity index (χ4n) is 5.80. The summed E-state index contributed by atoms with van der Waals surface area (Å²) >= 11 is 0. The molecule has 3 aliphatic rings. The Balaban J connectivity index is 1.50. The first-order chi connectivity index (χ1) is 16.4. The fourth-order valence-corrected chi connectivity index (χ4v) is 5.80. The maximum atomic E-state index is 13.8. The number of carbonyl (C=O) groups is 2. The number of likely N-dealkylation sites (tertiary alicyclic amines) is 1. The molecule has 9 heteroatoms. The SMILES string of the molecule is Cc1cccc(C)c1-n1nnnc1C(c1ccccc1)N1CC23C=CC(O2)C(C(=O)O)C3C1=O. The average Bonchev–Trinajstić information content (AvgIpc) is 3.57. The highest BCUT2D eigenvalue weighted by Gasteiger charge is 2.68. The lowest BCUT2D eigenvalue weighted by Gasteiger charge is -2.29. The Morgan fingerprint density at radius 3 is 2.59 bits per heavy atom. The van der Waals surface area contributed by atoms with Gasteiger partial charge in [0.15, 0.2) is 5.82 Å². The van der Waals surface area contributed by atoms with Gasteiger partial charge in [-0.15, -0.1) is 5.10 Å². The molecule has 1 amide bonds. The van der Waals surface area contributed by atoms with Crippen LogP contribution in [0, 0.1) is 25.7 Å². The second-order valence-electron chi connectivity index (χ2n) is 9.21. The lowest BCUT2D eigenvalue weighted by molar-refractivity contribution is -0.148. The first kappa shape index (κ1) is 20.7. The molecule has 3 aliphatic heterocycles. The van der Waals surface area contributed by atoms with Crippen LogP contribution in [0.2, 0.25) is 0 Å². The number of ether oxygens (including phenoxy) is 1.